The highest BCUT2D eigenvalue weighted by molar-refractivity contribution is 5.33. The van der Waals surface area contributed by atoms with Gasteiger partial charge in [-0.3, -0.25) is 0 Å². The van der Waals surface area contributed by atoms with Crippen LogP contribution in [0.3, 0.4) is 0 Å². The van der Waals surface area contributed by atoms with Crippen molar-refractivity contribution in [3.63, 3.8) is 0 Å². The van der Waals surface area contributed by atoms with Crippen LogP contribution < -0.4 is 10.1 Å². The van der Waals surface area contributed by atoms with Crippen molar-refractivity contribution in [2.24, 2.45) is 11.8 Å². The Hall–Kier alpha value is -1.02. The fourth-order valence-corrected chi connectivity index (χ4v) is 2.71. The van der Waals surface area contributed by atoms with Crippen molar-refractivity contribution < 1.29 is 4.74 Å². The van der Waals surface area contributed by atoms with Crippen molar-refractivity contribution in [3.8, 4) is 5.75 Å². The molecule has 0 radical (unpaired) electrons. The van der Waals surface area contributed by atoms with Crippen molar-refractivity contribution in [1.29, 1.82) is 0 Å². The number of methoxy groups -OCH3 is 1. The Labute approximate surface area is 103 Å². The number of hydrogen-bond donors (Lipinski definition) is 1. The topological polar surface area (TPSA) is 21.3 Å². The lowest BCUT2D eigenvalue weighted by Crippen LogP contribution is -2.32. The van der Waals surface area contributed by atoms with E-state index in [0.29, 0.717) is 0 Å². The van der Waals surface area contributed by atoms with Crippen molar-refractivity contribution >= 4 is 0 Å². The summed E-state index contributed by atoms with van der Waals surface area (Å²) >= 11 is 0. The minimum Gasteiger partial charge on any atom is -0.496 e. The molecule has 2 heteroatoms. The molecule has 0 amide bonds. The average Bonchev–Trinajstić information content (AvgIpc) is 3.23. The molecule has 0 spiro atoms. The summed E-state index contributed by atoms with van der Waals surface area (Å²) in [7, 11) is 1.75. The molecule has 3 rings (SSSR count). The Morgan fingerprint density at radius 1 is 1.18 bits per heavy atom. The van der Waals surface area contributed by atoms with Crippen LogP contribution in [0.25, 0.3) is 0 Å². The molecular formula is C15H21NO. The molecule has 2 saturated carbocycles. The summed E-state index contributed by atoms with van der Waals surface area (Å²) < 4.78 is 5.39. The van der Waals surface area contributed by atoms with Crippen LogP contribution >= 0.6 is 0 Å². The van der Waals surface area contributed by atoms with Gasteiger partial charge in [-0.05, 0) is 43.6 Å². The van der Waals surface area contributed by atoms with Gasteiger partial charge < -0.3 is 10.1 Å². The van der Waals surface area contributed by atoms with Crippen LogP contribution in [0.15, 0.2) is 24.3 Å². The van der Waals surface area contributed by atoms with E-state index in [1.165, 1.54) is 31.2 Å². The van der Waals surface area contributed by atoms with Gasteiger partial charge in [0.05, 0.1) is 7.11 Å². The third-order valence-corrected chi connectivity index (χ3v) is 3.98. The van der Waals surface area contributed by atoms with Crippen molar-refractivity contribution in [2.75, 3.05) is 7.11 Å². The van der Waals surface area contributed by atoms with Gasteiger partial charge >= 0.3 is 0 Å². The summed E-state index contributed by atoms with van der Waals surface area (Å²) in [4.78, 5) is 0. The molecule has 0 atom stereocenters. The summed E-state index contributed by atoms with van der Waals surface area (Å²) in [5, 5.41) is 3.75. The van der Waals surface area contributed by atoms with Gasteiger partial charge in [-0.25, -0.2) is 0 Å². The second kappa shape index (κ2) is 4.69. The lowest BCUT2D eigenvalue weighted by atomic mass is 10.1. The Morgan fingerprint density at radius 2 is 1.82 bits per heavy atom. The zero-order chi connectivity index (χ0) is 11.7. The number of nitrogens with one attached hydrogen (secondary N) is 1. The first-order valence-electron chi connectivity index (χ1n) is 6.74. The summed E-state index contributed by atoms with van der Waals surface area (Å²) in [5.74, 6) is 2.92. The van der Waals surface area contributed by atoms with Gasteiger partial charge in [-0.15, -0.1) is 0 Å². The molecule has 0 aliphatic heterocycles. The molecule has 0 unspecified atom stereocenters. The molecule has 92 valence electrons. The number of para-hydroxylation sites is 1. The van der Waals surface area contributed by atoms with E-state index in [-0.39, 0.29) is 0 Å². The van der Waals surface area contributed by atoms with E-state index in [4.69, 9.17) is 4.74 Å². The minimum atomic E-state index is 0.764. The minimum absolute atomic E-state index is 0.764. The predicted octanol–water partition coefficient (Wildman–Crippen LogP) is 2.97. The Morgan fingerprint density at radius 3 is 2.41 bits per heavy atom. The summed E-state index contributed by atoms with van der Waals surface area (Å²) in [6, 6.07) is 9.08. The van der Waals surface area contributed by atoms with Gasteiger partial charge in [0.25, 0.3) is 0 Å². The molecule has 2 fully saturated rings. The largest absolute Gasteiger partial charge is 0.496 e. The monoisotopic (exact) mass is 231 g/mol. The van der Waals surface area contributed by atoms with Crippen molar-refractivity contribution in [3.05, 3.63) is 29.8 Å². The second-order valence-electron chi connectivity index (χ2n) is 5.39. The quantitative estimate of drug-likeness (QED) is 0.812. The predicted molar refractivity (Wildman–Crippen MR) is 69.1 cm³/mol. The Kier molecular flexibility index (Phi) is 3.06. The molecule has 0 aromatic heterocycles. The van der Waals surface area contributed by atoms with Crippen LogP contribution in [0.4, 0.5) is 0 Å². The highest BCUT2D eigenvalue weighted by Crippen LogP contribution is 2.44. The standard InChI is InChI=1S/C15H21NO/c1-17-14-5-3-2-4-13(14)10-16-15(11-6-7-11)12-8-9-12/h2-5,11-12,15-16H,6-10H2,1H3. The van der Waals surface area contributed by atoms with Crippen molar-refractivity contribution in [1.82, 2.24) is 5.32 Å². The molecule has 17 heavy (non-hydrogen) atoms. The fourth-order valence-electron chi connectivity index (χ4n) is 2.71. The van der Waals surface area contributed by atoms with Gasteiger partial charge in [0.1, 0.15) is 5.75 Å². The van der Waals surface area contributed by atoms with E-state index in [1.807, 2.05) is 12.1 Å². The summed E-state index contributed by atoms with van der Waals surface area (Å²) in [6.07, 6.45) is 5.72. The van der Waals surface area contributed by atoms with E-state index < -0.39 is 0 Å². The third-order valence-electron chi connectivity index (χ3n) is 3.98. The van der Waals surface area contributed by atoms with Gasteiger partial charge in [0, 0.05) is 18.2 Å². The Balaban J connectivity index is 1.61. The van der Waals surface area contributed by atoms with Crippen LogP contribution in [0, 0.1) is 11.8 Å². The van der Waals surface area contributed by atoms with Gasteiger partial charge in [0.15, 0.2) is 0 Å². The summed E-state index contributed by atoms with van der Waals surface area (Å²) in [5.41, 5.74) is 1.28. The highest BCUT2D eigenvalue weighted by Gasteiger charge is 2.40. The zero-order valence-electron chi connectivity index (χ0n) is 10.5. The average molecular weight is 231 g/mol. The molecule has 0 saturated heterocycles. The van der Waals surface area contributed by atoms with E-state index >= 15 is 0 Å². The zero-order valence-corrected chi connectivity index (χ0v) is 10.5. The van der Waals surface area contributed by atoms with Crippen molar-refractivity contribution in [2.45, 2.75) is 38.3 Å². The number of ether oxygens (including phenoxy) is 1. The van der Waals surface area contributed by atoms with Gasteiger partial charge in [-0.2, -0.15) is 0 Å². The van der Waals surface area contributed by atoms with Crippen LogP contribution in [-0.4, -0.2) is 13.2 Å². The van der Waals surface area contributed by atoms with Gasteiger partial charge in [0.2, 0.25) is 0 Å². The number of rotatable bonds is 6. The molecule has 1 N–H and O–H groups in total. The normalized spacial score (nSPS) is 19.6. The lowest BCUT2D eigenvalue weighted by molar-refractivity contribution is 0.390. The van der Waals surface area contributed by atoms with E-state index in [2.05, 4.69) is 17.4 Å². The second-order valence-corrected chi connectivity index (χ2v) is 5.39. The Bertz CT molecular complexity index is 370. The van der Waals surface area contributed by atoms with Crippen LogP contribution in [0.2, 0.25) is 0 Å². The molecule has 2 aliphatic rings. The molecular weight excluding hydrogens is 210 g/mol. The third kappa shape index (κ3) is 2.63. The maximum atomic E-state index is 5.39. The van der Waals surface area contributed by atoms with Crippen LogP contribution in [-0.2, 0) is 6.54 Å². The van der Waals surface area contributed by atoms with Crippen LogP contribution in [0.1, 0.15) is 31.2 Å². The van der Waals surface area contributed by atoms with E-state index in [1.54, 1.807) is 7.11 Å². The first kappa shape index (κ1) is 11.1. The first-order chi connectivity index (χ1) is 8.38. The van der Waals surface area contributed by atoms with E-state index in [0.717, 1.165) is 30.2 Å². The first-order valence-corrected chi connectivity index (χ1v) is 6.74. The highest BCUT2D eigenvalue weighted by atomic mass is 16.5. The maximum absolute atomic E-state index is 5.39. The smallest absolute Gasteiger partial charge is 0.123 e. The van der Waals surface area contributed by atoms with E-state index in [9.17, 15) is 0 Å². The number of benzene rings is 1. The molecule has 2 nitrogen and oxygen atoms in total. The molecule has 0 heterocycles. The maximum Gasteiger partial charge on any atom is 0.123 e. The SMILES string of the molecule is COc1ccccc1CNC(C1CC1)C1CC1. The fraction of sp³-hybridized carbons (Fsp3) is 0.600. The number of hydrogen-bond acceptors (Lipinski definition) is 2. The van der Waals surface area contributed by atoms with Crippen LogP contribution in [0.5, 0.6) is 5.75 Å². The summed E-state index contributed by atoms with van der Waals surface area (Å²) in [6.45, 7) is 0.946. The molecule has 0 bridgehead atoms. The van der Waals surface area contributed by atoms with Gasteiger partial charge in [-0.1, -0.05) is 18.2 Å². The lowest BCUT2D eigenvalue weighted by Gasteiger charge is -2.18. The molecule has 1 aromatic carbocycles. The molecule has 1 aromatic rings. The molecule has 2 aliphatic carbocycles.